The van der Waals surface area contributed by atoms with Crippen molar-refractivity contribution in [2.45, 2.75) is 32.9 Å². The number of nitrogens with zero attached hydrogens (tertiary/aromatic N) is 3. The van der Waals surface area contributed by atoms with Crippen LogP contribution < -0.4 is 20.3 Å². The van der Waals surface area contributed by atoms with Crippen LogP contribution in [0.4, 0.5) is 5.82 Å². The van der Waals surface area contributed by atoms with Crippen molar-refractivity contribution in [1.82, 2.24) is 15.6 Å². The third-order valence-electron chi connectivity index (χ3n) is 4.78. The van der Waals surface area contributed by atoms with Gasteiger partial charge in [-0.1, -0.05) is 36.9 Å². The van der Waals surface area contributed by atoms with Crippen LogP contribution in [-0.2, 0) is 13.1 Å². The SMILES string of the molecule is C=CCOc1ccccc1CNC(=NCc1ccc(N2CCCC2)nc1)NCC.I. The molecule has 1 aromatic heterocycles. The van der Waals surface area contributed by atoms with Crippen molar-refractivity contribution < 1.29 is 4.74 Å². The van der Waals surface area contributed by atoms with Crippen LogP contribution in [-0.4, -0.2) is 37.2 Å². The summed E-state index contributed by atoms with van der Waals surface area (Å²) in [5.41, 5.74) is 2.18. The van der Waals surface area contributed by atoms with Crippen LogP contribution in [0.3, 0.4) is 0 Å². The molecular formula is C23H32IN5O. The first kappa shape index (κ1) is 24.0. The number of benzene rings is 1. The average molecular weight is 521 g/mol. The third-order valence-corrected chi connectivity index (χ3v) is 4.78. The number of rotatable bonds is 9. The van der Waals surface area contributed by atoms with E-state index in [2.05, 4.69) is 52.2 Å². The fraction of sp³-hybridized carbons (Fsp3) is 0.391. The Morgan fingerprint density at radius 3 is 2.70 bits per heavy atom. The van der Waals surface area contributed by atoms with Crippen LogP contribution in [0.15, 0.2) is 60.2 Å². The molecule has 0 unspecified atom stereocenters. The van der Waals surface area contributed by atoms with Gasteiger partial charge in [-0.3, -0.25) is 0 Å². The van der Waals surface area contributed by atoms with Crippen LogP contribution in [0.1, 0.15) is 30.9 Å². The minimum atomic E-state index is 0. The molecule has 162 valence electrons. The van der Waals surface area contributed by atoms with E-state index in [9.17, 15) is 0 Å². The maximum absolute atomic E-state index is 5.73. The molecule has 1 fully saturated rings. The number of nitrogens with one attached hydrogen (secondary N) is 2. The number of anilines is 1. The van der Waals surface area contributed by atoms with E-state index < -0.39 is 0 Å². The predicted molar refractivity (Wildman–Crippen MR) is 135 cm³/mol. The Morgan fingerprint density at radius 1 is 1.20 bits per heavy atom. The number of para-hydroxylation sites is 1. The van der Waals surface area contributed by atoms with Gasteiger partial charge in [-0.05, 0) is 37.5 Å². The van der Waals surface area contributed by atoms with Crippen LogP contribution in [0.2, 0.25) is 0 Å². The predicted octanol–water partition coefficient (Wildman–Crippen LogP) is 4.12. The molecule has 0 spiro atoms. The first-order valence-electron chi connectivity index (χ1n) is 10.3. The van der Waals surface area contributed by atoms with E-state index in [-0.39, 0.29) is 24.0 Å². The average Bonchev–Trinajstić information content (AvgIpc) is 3.30. The molecule has 7 heteroatoms. The monoisotopic (exact) mass is 521 g/mol. The third kappa shape index (κ3) is 7.19. The number of pyridine rings is 1. The zero-order valence-corrected chi connectivity index (χ0v) is 20.0. The molecule has 0 radical (unpaired) electrons. The second-order valence-corrected chi connectivity index (χ2v) is 6.97. The molecule has 0 bridgehead atoms. The maximum atomic E-state index is 5.73. The fourth-order valence-corrected chi connectivity index (χ4v) is 3.27. The van der Waals surface area contributed by atoms with E-state index >= 15 is 0 Å². The van der Waals surface area contributed by atoms with Crippen molar-refractivity contribution in [2.24, 2.45) is 4.99 Å². The van der Waals surface area contributed by atoms with E-state index in [0.29, 0.717) is 19.7 Å². The lowest BCUT2D eigenvalue weighted by Gasteiger charge is -2.16. The van der Waals surface area contributed by atoms with Crippen LogP contribution in [0.5, 0.6) is 5.75 Å². The smallest absolute Gasteiger partial charge is 0.191 e. The molecule has 30 heavy (non-hydrogen) atoms. The lowest BCUT2D eigenvalue weighted by molar-refractivity contribution is 0.358. The highest BCUT2D eigenvalue weighted by atomic mass is 127. The Labute approximate surface area is 196 Å². The number of hydrogen-bond acceptors (Lipinski definition) is 4. The van der Waals surface area contributed by atoms with Crippen molar-refractivity contribution in [3.63, 3.8) is 0 Å². The second kappa shape index (κ2) is 13.1. The summed E-state index contributed by atoms with van der Waals surface area (Å²) in [5, 5.41) is 6.68. The Bertz CT molecular complexity index is 803. The second-order valence-electron chi connectivity index (χ2n) is 6.97. The van der Waals surface area contributed by atoms with Gasteiger partial charge in [0.15, 0.2) is 5.96 Å². The summed E-state index contributed by atoms with van der Waals surface area (Å²) in [7, 11) is 0. The quantitative estimate of drug-likeness (QED) is 0.225. The summed E-state index contributed by atoms with van der Waals surface area (Å²) in [4.78, 5) is 11.6. The van der Waals surface area contributed by atoms with Crippen molar-refractivity contribution >= 4 is 35.8 Å². The van der Waals surface area contributed by atoms with Crippen LogP contribution >= 0.6 is 24.0 Å². The molecule has 0 aliphatic carbocycles. The summed E-state index contributed by atoms with van der Waals surface area (Å²) >= 11 is 0. The van der Waals surface area contributed by atoms with Gasteiger partial charge >= 0.3 is 0 Å². The normalized spacial score (nSPS) is 13.5. The van der Waals surface area contributed by atoms with Crippen molar-refractivity contribution in [1.29, 1.82) is 0 Å². The van der Waals surface area contributed by atoms with Gasteiger partial charge in [0.25, 0.3) is 0 Å². The minimum absolute atomic E-state index is 0. The molecule has 1 aromatic carbocycles. The minimum Gasteiger partial charge on any atom is -0.489 e. The van der Waals surface area contributed by atoms with E-state index in [1.807, 2.05) is 24.4 Å². The van der Waals surface area contributed by atoms with Gasteiger partial charge in [0.1, 0.15) is 18.2 Å². The number of aliphatic imine (C=N–C) groups is 1. The van der Waals surface area contributed by atoms with Crippen molar-refractivity contribution in [3.8, 4) is 5.75 Å². The van der Waals surface area contributed by atoms with Gasteiger partial charge in [0, 0.05) is 37.9 Å². The standard InChI is InChI=1S/C23H31N5O.HI/c1-3-15-29-21-10-6-5-9-20(21)18-27-23(24-4-2)26-17-19-11-12-22(25-16-19)28-13-7-8-14-28;/h3,5-6,9-12,16H,1,4,7-8,13-15,17-18H2,2H3,(H2,24,26,27);1H. The molecule has 3 rings (SSSR count). The Morgan fingerprint density at radius 2 is 2.00 bits per heavy atom. The molecule has 0 amide bonds. The highest BCUT2D eigenvalue weighted by Crippen LogP contribution is 2.18. The van der Waals surface area contributed by atoms with Gasteiger partial charge in [-0.25, -0.2) is 9.98 Å². The summed E-state index contributed by atoms with van der Waals surface area (Å²) in [6.45, 7) is 10.5. The van der Waals surface area contributed by atoms with Gasteiger partial charge in [-0.15, -0.1) is 24.0 Å². The molecule has 0 saturated carbocycles. The lowest BCUT2D eigenvalue weighted by Crippen LogP contribution is -2.36. The summed E-state index contributed by atoms with van der Waals surface area (Å²) in [6.07, 6.45) is 6.19. The zero-order chi connectivity index (χ0) is 20.3. The molecular weight excluding hydrogens is 489 g/mol. The number of ether oxygens (including phenoxy) is 1. The number of halogens is 1. The van der Waals surface area contributed by atoms with Crippen LogP contribution in [0, 0.1) is 0 Å². The molecule has 2 heterocycles. The Kier molecular flexibility index (Phi) is 10.5. The Balaban J connectivity index is 0.00000320. The molecule has 1 saturated heterocycles. The first-order valence-corrected chi connectivity index (χ1v) is 10.3. The van der Waals surface area contributed by atoms with E-state index in [1.54, 1.807) is 6.08 Å². The Hall–Kier alpha value is -2.29. The highest BCUT2D eigenvalue weighted by molar-refractivity contribution is 14.0. The first-order chi connectivity index (χ1) is 14.3. The van der Waals surface area contributed by atoms with Gasteiger partial charge < -0.3 is 20.3 Å². The molecule has 1 aliphatic heterocycles. The van der Waals surface area contributed by atoms with E-state index in [0.717, 1.165) is 48.3 Å². The van der Waals surface area contributed by atoms with Gasteiger partial charge in [-0.2, -0.15) is 0 Å². The van der Waals surface area contributed by atoms with Crippen molar-refractivity contribution in [3.05, 3.63) is 66.4 Å². The molecule has 2 N–H and O–H groups in total. The topological polar surface area (TPSA) is 61.8 Å². The van der Waals surface area contributed by atoms with Crippen LogP contribution in [0.25, 0.3) is 0 Å². The molecule has 1 aliphatic rings. The van der Waals surface area contributed by atoms with Gasteiger partial charge in [0.2, 0.25) is 0 Å². The van der Waals surface area contributed by atoms with E-state index in [1.165, 1.54) is 12.8 Å². The van der Waals surface area contributed by atoms with Gasteiger partial charge in [0.05, 0.1) is 6.54 Å². The maximum Gasteiger partial charge on any atom is 0.191 e. The molecule has 2 aromatic rings. The highest BCUT2D eigenvalue weighted by Gasteiger charge is 2.13. The summed E-state index contributed by atoms with van der Waals surface area (Å²) in [6, 6.07) is 12.2. The molecule has 6 nitrogen and oxygen atoms in total. The summed E-state index contributed by atoms with van der Waals surface area (Å²) < 4.78 is 5.73. The van der Waals surface area contributed by atoms with E-state index in [4.69, 9.17) is 9.73 Å². The van der Waals surface area contributed by atoms with Crippen molar-refractivity contribution in [2.75, 3.05) is 31.1 Å². The fourth-order valence-electron chi connectivity index (χ4n) is 3.27. The zero-order valence-electron chi connectivity index (χ0n) is 17.6. The number of hydrogen-bond donors (Lipinski definition) is 2. The number of guanidine groups is 1. The summed E-state index contributed by atoms with van der Waals surface area (Å²) in [5.74, 6) is 2.70. The number of aromatic nitrogens is 1. The molecule has 0 atom stereocenters. The lowest BCUT2D eigenvalue weighted by atomic mass is 10.2. The largest absolute Gasteiger partial charge is 0.489 e.